The van der Waals surface area contributed by atoms with Crippen LogP contribution < -0.4 is 0 Å². The summed E-state index contributed by atoms with van der Waals surface area (Å²) in [6.07, 6.45) is 2.87. The molecule has 3 aromatic rings. The van der Waals surface area contributed by atoms with E-state index in [2.05, 4.69) is 46.6 Å². The van der Waals surface area contributed by atoms with Gasteiger partial charge < -0.3 is 4.98 Å². The fraction of sp³-hybridized carbons (Fsp3) is 0.333. The van der Waals surface area contributed by atoms with Crippen LogP contribution in [0.2, 0.25) is 0 Å². The lowest BCUT2D eigenvalue weighted by atomic mass is 10.2. The number of hydrogen-bond donors (Lipinski definition) is 1. The van der Waals surface area contributed by atoms with Crippen molar-refractivity contribution in [3.8, 4) is 0 Å². The molecule has 5 heteroatoms. The first-order valence-electron chi connectivity index (χ1n) is 6.67. The first-order valence-corrected chi connectivity index (χ1v) is 7.89. The van der Waals surface area contributed by atoms with E-state index in [0.29, 0.717) is 6.04 Å². The van der Waals surface area contributed by atoms with Crippen molar-refractivity contribution in [1.29, 1.82) is 0 Å². The SMILES string of the molecule is Cc1cnc2c(c1)[nH]c(=S)n2C(C)Cc1ccc(C)s1. The molecule has 0 spiro atoms. The molecule has 104 valence electrons. The van der Waals surface area contributed by atoms with Gasteiger partial charge in [0.1, 0.15) is 0 Å². The predicted octanol–water partition coefficient (Wildman–Crippen LogP) is 4.58. The van der Waals surface area contributed by atoms with Crippen molar-refractivity contribution in [2.24, 2.45) is 0 Å². The zero-order valence-corrected chi connectivity index (χ0v) is 13.4. The summed E-state index contributed by atoms with van der Waals surface area (Å²) in [6.45, 7) is 6.37. The van der Waals surface area contributed by atoms with Crippen LogP contribution in [0, 0.1) is 18.6 Å². The first-order chi connectivity index (χ1) is 9.54. The van der Waals surface area contributed by atoms with Crippen molar-refractivity contribution in [2.75, 3.05) is 0 Å². The number of aromatic amines is 1. The molecule has 0 aliphatic rings. The van der Waals surface area contributed by atoms with E-state index in [9.17, 15) is 0 Å². The molecule has 3 heterocycles. The summed E-state index contributed by atoms with van der Waals surface area (Å²) in [5.74, 6) is 0. The molecule has 3 aromatic heterocycles. The van der Waals surface area contributed by atoms with Crippen LogP contribution in [0.15, 0.2) is 24.4 Å². The second-order valence-corrected chi connectivity index (χ2v) is 7.01. The fourth-order valence-electron chi connectivity index (χ4n) is 2.50. The quantitative estimate of drug-likeness (QED) is 0.719. The summed E-state index contributed by atoms with van der Waals surface area (Å²) in [6, 6.07) is 6.76. The number of aromatic nitrogens is 3. The third kappa shape index (κ3) is 2.43. The molecule has 0 bridgehead atoms. The number of fused-ring (bicyclic) bond motifs is 1. The highest BCUT2D eigenvalue weighted by atomic mass is 32.1. The van der Waals surface area contributed by atoms with Crippen LogP contribution in [0.5, 0.6) is 0 Å². The van der Waals surface area contributed by atoms with Gasteiger partial charge in [-0.05, 0) is 56.8 Å². The largest absolute Gasteiger partial charge is 0.329 e. The molecule has 1 N–H and O–H groups in total. The average Bonchev–Trinajstić information content (AvgIpc) is 2.91. The summed E-state index contributed by atoms with van der Waals surface area (Å²) in [7, 11) is 0. The zero-order valence-electron chi connectivity index (χ0n) is 11.8. The molecular formula is C15H17N3S2. The number of pyridine rings is 1. The summed E-state index contributed by atoms with van der Waals surface area (Å²) < 4.78 is 2.87. The third-order valence-electron chi connectivity index (χ3n) is 3.43. The standard InChI is InChI=1S/C15H17N3S2/c1-9-6-13-14(16-8-9)18(15(19)17-13)10(2)7-12-5-4-11(3)20-12/h4-6,8,10H,7H2,1-3H3,(H,17,19). The van der Waals surface area contributed by atoms with Gasteiger partial charge >= 0.3 is 0 Å². The number of imidazole rings is 1. The predicted molar refractivity (Wildman–Crippen MR) is 87.1 cm³/mol. The molecule has 1 unspecified atom stereocenters. The van der Waals surface area contributed by atoms with E-state index < -0.39 is 0 Å². The highest BCUT2D eigenvalue weighted by Crippen LogP contribution is 2.24. The molecule has 3 nitrogen and oxygen atoms in total. The number of rotatable bonds is 3. The molecule has 0 amide bonds. The Kier molecular flexibility index (Phi) is 3.48. The van der Waals surface area contributed by atoms with Crippen LogP contribution in [-0.2, 0) is 6.42 Å². The number of H-pyrrole nitrogens is 1. The maximum atomic E-state index is 5.46. The van der Waals surface area contributed by atoms with E-state index in [1.807, 2.05) is 24.5 Å². The number of hydrogen-bond acceptors (Lipinski definition) is 3. The topological polar surface area (TPSA) is 33.6 Å². The van der Waals surface area contributed by atoms with Crippen molar-refractivity contribution < 1.29 is 0 Å². The van der Waals surface area contributed by atoms with Crippen molar-refractivity contribution in [3.63, 3.8) is 0 Å². The van der Waals surface area contributed by atoms with Crippen molar-refractivity contribution in [2.45, 2.75) is 33.2 Å². The van der Waals surface area contributed by atoms with Gasteiger partial charge in [0.2, 0.25) is 0 Å². The number of aryl methyl sites for hydroxylation is 2. The molecule has 0 radical (unpaired) electrons. The Morgan fingerprint density at radius 2 is 2.20 bits per heavy atom. The lowest BCUT2D eigenvalue weighted by Gasteiger charge is -2.13. The van der Waals surface area contributed by atoms with Gasteiger partial charge in [0, 0.05) is 28.4 Å². The summed E-state index contributed by atoms with van der Waals surface area (Å²) in [4.78, 5) is 10.5. The van der Waals surface area contributed by atoms with Crippen LogP contribution in [0.25, 0.3) is 11.2 Å². The smallest absolute Gasteiger partial charge is 0.179 e. The molecule has 0 aliphatic heterocycles. The number of nitrogens with zero attached hydrogens (tertiary/aromatic N) is 2. The molecule has 3 rings (SSSR count). The van der Waals surface area contributed by atoms with Gasteiger partial charge in [-0.3, -0.25) is 4.57 Å². The minimum absolute atomic E-state index is 0.296. The Balaban J connectivity index is 2.00. The maximum absolute atomic E-state index is 5.46. The Morgan fingerprint density at radius 1 is 1.40 bits per heavy atom. The first kappa shape index (κ1) is 13.5. The fourth-order valence-corrected chi connectivity index (χ4v) is 3.89. The van der Waals surface area contributed by atoms with Crippen LogP contribution in [0.1, 0.15) is 28.3 Å². The van der Waals surface area contributed by atoms with Crippen molar-refractivity contribution in [3.05, 3.63) is 44.5 Å². The van der Waals surface area contributed by atoms with Gasteiger partial charge in [-0.2, -0.15) is 0 Å². The minimum Gasteiger partial charge on any atom is -0.329 e. The van der Waals surface area contributed by atoms with Gasteiger partial charge in [-0.15, -0.1) is 11.3 Å². The van der Waals surface area contributed by atoms with E-state index >= 15 is 0 Å². The molecule has 0 aliphatic carbocycles. The van der Waals surface area contributed by atoms with Gasteiger partial charge in [-0.25, -0.2) is 4.98 Å². The molecule has 20 heavy (non-hydrogen) atoms. The summed E-state index contributed by atoms with van der Waals surface area (Å²) >= 11 is 7.31. The number of thiophene rings is 1. The molecule has 0 saturated heterocycles. The lowest BCUT2D eigenvalue weighted by Crippen LogP contribution is -2.08. The van der Waals surface area contributed by atoms with Gasteiger partial charge in [0.05, 0.1) is 5.52 Å². The maximum Gasteiger partial charge on any atom is 0.179 e. The van der Waals surface area contributed by atoms with Crippen LogP contribution in [0.4, 0.5) is 0 Å². The van der Waals surface area contributed by atoms with Crippen LogP contribution in [0.3, 0.4) is 0 Å². The van der Waals surface area contributed by atoms with Crippen LogP contribution in [-0.4, -0.2) is 14.5 Å². The lowest BCUT2D eigenvalue weighted by molar-refractivity contribution is 0.553. The monoisotopic (exact) mass is 303 g/mol. The highest BCUT2D eigenvalue weighted by molar-refractivity contribution is 7.71. The molecular weight excluding hydrogens is 286 g/mol. The van der Waals surface area contributed by atoms with Gasteiger partial charge in [0.15, 0.2) is 10.4 Å². The van der Waals surface area contributed by atoms with E-state index in [1.54, 1.807) is 0 Å². The highest BCUT2D eigenvalue weighted by Gasteiger charge is 2.13. The molecule has 0 fully saturated rings. The third-order valence-corrected chi connectivity index (χ3v) is 4.75. The van der Waals surface area contributed by atoms with Crippen molar-refractivity contribution >= 4 is 34.7 Å². The van der Waals surface area contributed by atoms with E-state index in [1.165, 1.54) is 9.75 Å². The van der Waals surface area contributed by atoms with Crippen molar-refractivity contribution in [1.82, 2.24) is 14.5 Å². The van der Waals surface area contributed by atoms with E-state index in [-0.39, 0.29) is 0 Å². The Hall–Kier alpha value is -1.46. The molecule has 1 atom stereocenters. The second-order valence-electron chi connectivity index (χ2n) is 5.25. The Morgan fingerprint density at radius 3 is 2.90 bits per heavy atom. The molecule has 0 aromatic carbocycles. The zero-order chi connectivity index (χ0) is 14.3. The van der Waals surface area contributed by atoms with Crippen LogP contribution >= 0.6 is 23.6 Å². The van der Waals surface area contributed by atoms with E-state index in [0.717, 1.165) is 27.9 Å². The number of nitrogens with one attached hydrogen (secondary N) is 1. The van der Waals surface area contributed by atoms with E-state index in [4.69, 9.17) is 12.2 Å². The summed E-state index contributed by atoms with van der Waals surface area (Å²) in [5.41, 5.74) is 3.10. The summed E-state index contributed by atoms with van der Waals surface area (Å²) in [5, 5.41) is 0. The van der Waals surface area contributed by atoms with Gasteiger partial charge in [-0.1, -0.05) is 0 Å². The Bertz CT molecular complexity index is 810. The minimum atomic E-state index is 0.296. The average molecular weight is 303 g/mol. The normalized spacial score (nSPS) is 12.9. The second kappa shape index (κ2) is 5.14. The Labute approximate surface area is 127 Å². The van der Waals surface area contributed by atoms with Gasteiger partial charge in [0.25, 0.3) is 0 Å². The molecule has 0 saturated carbocycles.